The molecule has 1 heterocycles. The highest BCUT2D eigenvalue weighted by Gasteiger charge is 2.29. The number of nitrogens with zero attached hydrogens (tertiary/aromatic N) is 3. The molecule has 0 radical (unpaired) electrons. The van der Waals surface area contributed by atoms with Gasteiger partial charge in [0.05, 0.1) is 0 Å². The summed E-state index contributed by atoms with van der Waals surface area (Å²) < 4.78 is 0. The number of aromatic nitrogens is 2. The lowest BCUT2D eigenvalue weighted by Gasteiger charge is -2.38. The highest BCUT2D eigenvalue weighted by atomic mass is 15.3. The van der Waals surface area contributed by atoms with E-state index in [1.54, 1.807) is 12.3 Å². The Kier molecular flexibility index (Phi) is 3.73. The summed E-state index contributed by atoms with van der Waals surface area (Å²) in [7, 11) is 2.03. The van der Waals surface area contributed by atoms with E-state index in [0.29, 0.717) is 23.1 Å². The van der Waals surface area contributed by atoms with E-state index in [4.69, 9.17) is 11.1 Å². The van der Waals surface area contributed by atoms with E-state index in [9.17, 15) is 0 Å². The Labute approximate surface area is 114 Å². The van der Waals surface area contributed by atoms with Gasteiger partial charge in [0.25, 0.3) is 0 Å². The molecule has 3 N–H and O–H groups in total. The van der Waals surface area contributed by atoms with E-state index in [1.165, 1.54) is 12.8 Å². The molecule has 5 heteroatoms. The molecule has 5 nitrogen and oxygen atoms in total. The lowest BCUT2D eigenvalue weighted by atomic mass is 9.75. The summed E-state index contributed by atoms with van der Waals surface area (Å²) in [4.78, 5) is 10.8. The highest BCUT2D eigenvalue weighted by Crippen LogP contribution is 2.37. The van der Waals surface area contributed by atoms with Crippen LogP contribution in [0.15, 0.2) is 12.3 Å². The predicted octanol–water partition coefficient (Wildman–Crippen LogP) is 2.17. The van der Waals surface area contributed by atoms with Crippen molar-refractivity contribution >= 4 is 11.8 Å². The summed E-state index contributed by atoms with van der Waals surface area (Å²) >= 11 is 0. The Morgan fingerprint density at radius 2 is 2.05 bits per heavy atom. The number of nitrogen functional groups attached to an aromatic ring is 1. The van der Waals surface area contributed by atoms with Gasteiger partial charge in [-0.05, 0) is 37.2 Å². The number of nitrogens with one attached hydrogen (secondary N) is 1. The topological polar surface area (TPSA) is 78.9 Å². The monoisotopic (exact) mass is 261 g/mol. The summed E-state index contributed by atoms with van der Waals surface area (Å²) in [6, 6.07) is 2.15. The largest absolute Gasteiger partial charge is 0.382 e. The Hall–Kier alpha value is -1.65. The average molecular weight is 261 g/mol. The third-order valence-electron chi connectivity index (χ3n) is 4.09. The zero-order valence-corrected chi connectivity index (χ0v) is 12.0. The van der Waals surface area contributed by atoms with Crippen LogP contribution in [0.25, 0.3) is 0 Å². The molecule has 104 valence electrons. The first-order valence-corrected chi connectivity index (χ1v) is 6.79. The summed E-state index contributed by atoms with van der Waals surface area (Å²) in [5.41, 5.74) is 6.42. The van der Waals surface area contributed by atoms with Crippen molar-refractivity contribution in [2.75, 3.05) is 11.9 Å². The summed E-state index contributed by atoms with van der Waals surface area (Å²) in [6.45, 7) is 4.66. The van der Waals surface area contributed by atoms with Crippen LogP contribution in [-0.4, -0.2) is 28.9 Å². The first-order valence-electron chi connectivity index (χ1n) is 6.79. The molecule has 0 unspecified atom stereocenters. The molecule has 0 aliphatic heterocycles. The number of hydrogen-bond donors (Lipinski definition) is 2. The Bertz CT molecular complexity index is 459. The third-order valence-corrected chi connectivity index (χ3v) is 4.09. The molecule has 0 saturated heterocycles. The maximum Gasteiger partial charge on any atom is 0.225 e. The second-order valence-corrected chi connectivity index (χ2v) is 6.16. The molecule has 1 aliphatic rings. The molecule has 0 aromatic carbocycles. The molecular weight excluding hydrogens is 238 g/mol. The zero-order chi connectivity index (χ0) is 14.0. The number of nitrogens with two attached hydrogens (primary N) is 1. The van der Waals surface area contributed by atoms with Crippen LogP contribution in [0, 0.1) is 10.8 Å². The quantitative estimate of drug-likeness (QED) is 0.645. The molecule has 2 rings (SSSR count). The third kappa shape index (κ3) is 3.22. The fraction of sp³-hybridized carbons (Fsp3) is 0.643. The maximum absolute atomic E-state index is 7.44. The predicted molar refractivity (Wildman–Crippen MR) is 77.5 cm³/mol. The van der Waals surface area contributed by atoms with Crippen LogP contribution in [0.2, 0.25) is 0 Å². The summed E-state index contributed by atoms with van der Waals surface area (Å²) in [6.07, 6.45) is 6.46. The van der Waals surface area contributed by atoms with Gasteiger partial charge in [-0.2, -0.15) is 0 Å². The number of anilines is 1. The van der Waals surface area contributed by atoms with E-state index in [-0.39, 0.29) is 5.84 Å². The minimum atomic E-state index is -0.0122. The van der Waals surface area contributed by atoms with Crippen molar-refractivity contribution in [2.45, 2.75) is 45.6 Å². The van der Waals surface area contributed by atoms with Gasteiger partial charge in [-0.15, -0.1) is 0 Å². The molecule has 1 aromatic heterocycles. The van der Waals surface area contributed by atoms with Gasteiger partial charge < -0.3 is 10.6 Å². The van der Waals surface area contributed by atoms with Crippen LogP contribution in [0.1, 0.15) is 45.2 Å². The minimum absolute atomic E-state index is 0.0122. The second kappa shape index (κ2) is 5.15. The van der Waals surface area contributed by atoms with Crippen molar-refractivity contribution in [2.24, 2.45) is 11.1 Å². The van der Waals surface area contributed by atoms with Crippen molar-refractivity contribution in [3.63, 3.8) is 0 Å². The Balaban J connectivity index is 2.10. The fourth-order valence-corrected chi connectivity index (χ4v) is 2.60. The number of amidine groups is 1. The van der Waals surface area contributed by atoms with Crippen LogP contribution >= 0.6 is 0 Å². The molecule has 0 amide bonds. The Morgan fingerprint density at radius 3 is 2.63 bits per heavy atom. The van der Waals surface area contributed by atoms with Gasteiger partial charge in [-0.1, -0.05) is 13.8 Å². The van der Waals surface area contributed by atoms with Gasteiger partial charge >= 0.3 is 0 Å². The molecular formula is C14H23N5. The average Bonchev–Trinajstić information content (AvgIpc) is 2.38. The second-order valence-electron chi connectivity index (χ2n) is 6.16. The molecule has 0 spiro atoms. The van der Waals surface area contributed by atoms with Crippen molar-refractivity contribution in [3.05, 3.63) is 18.0 Å². The van der Waals surface area contributed by atoms with Gasteiger partial charge in [-0.25, -0.2) is 9.97 Å². The number of hydrogen-bond acceptors (Lipinski definition) is 4. The van der Waals surface area contributed by atoms with E-state index in [0.717, 1.165) is 12.8 Å². The van der Waals surface area contributed by atoms with Crippen LogP contribution < -0.4 is 10.6 Å². The van der Waals surface area contributed by atoms with E-state index in [1.807, 2.05) is 7.05 Å². The van der Waals surface area contributed by atoms with Crippen LogP contribution in [0.4, 0.5) is 5.95 Å². The van der Waals surface area contributed by atoms with Crippen LogP contribution in [-0.2, 0) is 0 Å². The molecule has 0 bridgehead atoms. The molecule has 0 atom stereocenters. The van der Waals surface area contributed by atoms with E-state index in [2.05, 4.69) is 28.7 Å². The molecule has 19 heavy (non-hydrogen) atoms. The SMILES string of the molecule is CN(c1nccc(C(=N)N)n1)C1CCC(C)(C)CC1. The van der Waals surface area contributed by atoms with E-state index < -0.39 is 0 Å². The van der Waals surface area contributed by atoms with Gasteiger partial charge in [0.15, 0.2) is 0 Å². The van der Waals surface area contributed by atoms with Crippen LogP contribution in [0.5, 0.6) is 0 Å². The molecule has 1 saturated carbocycles. The Morgan fingerprint density at radius 1 is 1.42 bits per heavy atom. The first kappa shape index (κ1) is 13.8. The van der Waals surface area contributed by atoms with Crippen molar-refractivity contribution in [1.82, 2.24) is 9.97 Å². The van der Waals surface area contributed by atoms with Gasteiger partial charge in [0.1, 0.15) is 11.5 Å². The maximum atomic E-state index is 7.44. The fourth-order valence-electron chi connectivity index (χ4n) is 2.60. The molecule has 1 aromatic rings. The number of rotatable bonds is 3. The van der Waals surface area contributed by atoms with Gasteiger partial charge in [0.2, 0.25) is 5.95 Å². The smallest absolute Gasteiger partial charge is 0.225 e. The van der Waals surface area contributed by atoms with Crippen LogP contribution in [0.3, 0.4) is 0 Å². The van der Waals surface area contributed by atoms with Gasteiger partial charge in [-0.3, -0.25) is 5.41 Å². The first-order chi connectivity index (χ1) is 8.89. The van der Waals surface area contributed by atoms with Crippen molar-refractivity contribution in [3.8, 4) is 0 Å². The normalized spacial score (nSPS) is 19.1. The van der Waals surface area contributed by atoms with Crippen molar-refractivity contribution < 1.29 is 0 Å². The standard InChI is InChI=1S/C14H23N5/c1-14(2)7-4-10(5-8-14)19(3)13-17-9-6-11(18-13)12(15)16/h6,9-10H,4-5,7-8H2,1-3H3,(H3,15,16). The van der Waals surface area contributed by atoms with E-state index >= 15 is 0 Å². The summed E-state index contributed by atoms with van der Waals surface area (Å²) in [5.74, 6) is 0.652. The van der Waals surface area contributed by atoms with Crippen molar-refractivity contribution in [1.29, 1.82) is 5.41 Å². The molecule has 1 fully saturated rings. The lowest BCUT2D eigenvalue weighted by molar-refractivity contribution is 0.222. The minimum Gasteiger partial charge on any atom is -0.382 e. The molecule has 1 aliphatic carbocycles. The highest BCUT2D eigenvalue weighted by molar-refractivity contribution is 5.93. The van der Waals surface area contributed by atoms with Gasteiger partial charge in [0, 0.05) is 19.3 Å². The summed E-state index contributed by atoms with van der Waals surface area (Å²) in [5, 5.41) is 7.44. The lowest BCUT2D eigenvalue weighted by Crippen LogP contribution is -2.38. The zero-order valence-electron chi connectivity index (χ0n) is 12.0.